The van der Waals surface area contributed by atoms with Gasteiger partial charge in [-0.15, -0.1) is 24.0 Å². The number of nitrogens with one attached hydrogen (secondary N) is 2. The van der Waals surface area contributed by atoms with Gasteiger partial charge in [0.1, 0.15) is 0 Å². The first-order valence-corrected chi connectivity index (χ1v) is 10.2. The van der Waals surface area contributed by atoms with Crippen LogP contribution in [0.3, 0.4) is 0 Å². The summed E-state index contributed by atoms with van der Waals surface area (Å²) in [5.41, 5.74) is 0.233. The molecule has 0 amide bonds. The van der Waals surface area contributed by atoms with Crippen LogP contribution < -0.4 is 10.0 Å². The molecule has 1 heterocycles. The molecule has 2 aliphatic rings. The number of likely N-dealkylation sites (tertiary alicyclic amines) is 1. The van der Waals surface area contributed by atoms with Gasteiger partial charge in [0.2, 0.25) is 10.0 Å². The van der Waals surface area contributed by atoms with Crippen LogP contribution in [-0.2, 0) is 10.0 Å². The molecule has 0 atom stereocenters. The molecule has 0 aromatic carbocycles. The summed E-state index contributed by atoms with van der Waals surface area (Å²) in [6, 6.07) is 0. The zero-order valence-corrected chi connectivity index (χ0v) is 18.7. The van der Waals surface area contributed by atoms with Crippen LogP contribution in [0.25, 0.3) is 0 Å². The molecule has 0 bridgehead atoms. The van der Waals surface area contributed by atoms with E-state index in [1.807, 2.05) is 0 Å². The summed E-state index contributed by atoms with van der Waals surface area (Å²) < 4.78 is 26.8. The Morgan fingerprint density at radius 1 is 1.25 bits per heavy atom. The van der Waals surface area contributed by atoms with Crippen LogP contribution in [0.1, 0.15) is 47.0 Å². The van der Waals surface area contributed by atoms with E-state index in [2.05, 4.69) is 47.6 Å². The molecule has 0 spiro atoms. The van der Waals surface area contributed by atoms with Gasteiger partial charge in [0.25, 0.3) is 0 Å². The molecule has 2 fully saturated rings. The molecular formula is C16H33IN4O2S. The molecule has 0 unspecified atom stereocenters. The van der Waals surface area contributed by atoms with E-state index in [1.165, 1.54) is 6.42 Å². The van der Waals surface area contributed by atoms with Crippen LogP contribution in [0, 0.1) is 11.3 Å². The maximum Gasteiger partial charge on any atom is 0.213 e. The fourth-order valence-corrected chi connectivity index (χ4v) is 4.01. The van der Waals surface area contributed by atoms with Crippen molar-refractivity contribution in [2.75, 3.05) is 32.4 Å². The van der Waals surface area contributed by atoms with Crippen molar-refractivity contribution in [3.05, 3.63) is 0 Å². The number of nitrogens with zero attached hydrogens (tertiary/aromatic N) is 2. The van der Waals surface area contributed by atoms with E-state index in [0.717, 1.165) is 25.3 Å². The molecule has 6 nitrogen and oxygen atoms in total. The van der Waals surface area contributed by atoms with E-state index in [9.17, 15) is 8.42 Å². The number of rotatable bonds is 6. The first kappa shape index (κ1) is 22.0. The molecule has 0 aromatic heterocycles. The molecule has 2 N–H and O–H groups in total. The molecule has 24 heavy (non-hydrogen) atoms. The zero-order valence-electron chi connectivity index (χ0n) is 15.6. The van der Waals surface area contributed by atoms with Crippen LogP contribution in [-0.4, -0.2) is 57.3 Å². The van der Waals surface area contributed by atoms with Crippen LogP contribution in [0.15, 0.2) is 4.99 Å². The highest BCUT2D eigenvalue weighted by molar-refractivity contribution is 14.0. The molecular weight excluding hydrogens is 439 g/mol. The Balaban J connectivity index is 0.00000288. The Kier molecular flexibility index (Phi) is 7.38. The predicted molar refractivity (Wildman–Crippen MR) is 110 cm³/mol. The molecule has 2 rings (SSSR count). The second kappa shape index (κ2) is 8.07. The van der Waals surface area contributed by atoms with E-state index < -0.39 is 10.0 Å². The van der Waals surface area contributed by atoms with Crippen molar-refractivity contribution in [2.45, 2.75) is 52.5 Å². The number of sulfonamides is 1. The maximum absolute atomic E-state index is 12.0. The largest absolute Gasteiger partial charge is 0.355 e. The minimum atomic E-state index is -3.21. The Morgan fingerprint density at radius 3 is 2.29 bits per heavy atom. The second-order valence-corrected chi connectivity index (χ2v) is 9.89. The highest BCUT2D eigenvalue weighted by Crippen LogP contribution is 2.46. The summed E-state index contributed by atoms with van der Waals surface area (Å²) in [6.45, 7) is 10.8. The fourth-order valence-electron chi connectivity index (χ4n) is 3.01. The van der Waals surface area contributed by atoms with Gasteiger partial charge in [0.15, 0.2) is 5.96 Å². The van der Waals surface area contributed by atoms with Crippen LogP contribution >= 0.6 is 24.0 Å². The van der Waals surface area contributed by atoms with E-state index in [4.69, 9.17) is 0 Å². The Bertz CT molecular complexity index is 556. The van der Waals surface area contributed by atoms with Crippen LogP contribution in [0.5, 0.6) is 0 Å². The summed E-state index contributed by atoms with van der Waals surface area (Å²) in [5.74, 6) is 1.40. The topological polar surface area (TPSA) is 73.8 Å². The van der Waals surface area contributed by atoms with Crippen molar-refractivity contribution in [3.8, 4) is 0 Å². The highest BCUT2D eigenvalue weighted by atomic mass is 127. The van der Waals surface area contributed by atoms with Gasteiger partial charge >= 0.3 is 0 Å². The van der Waals surface area contributed by atoms with Gasteiger partial charge in [-0.2, -0.15) is 0 Å². The van der Waals surface area contributed by atoms with Gasteiger partial charge in [-0.3, -0.25) is 4.99 Å². The first-order chi connectivity index (χ1) is 10.6. The molecule has 1 saturated heterocycles. The first-order valence-electron chi connectivity index (χ1n) is 8.55. The zero-order chi connectivity index (χ0) is 17.3. The van der Waals surface area contributed by atoms with Crippen molar-refractivity contribution in [2.24, 2.45) is 16.3 Å². The van der Waals surface area contributed by atoms with Gasteiger partial charge in [0.05, 0.1) is 5.75 Å². The van der Waals surface area contributed by atoms with Gasteiger partial charge in [-0.1, -0.05) is 20.3 Å². The lowest BCUT2D eigenvalue weighted by Gasteiger charge is -2.62. The smallest absolute Gasteiger partial charge is 0.213 e. The van der Waals surface area contributed by atoms with Gasteiger partial charge in [-0.05, 0) is 32.6 Å². The lowest BCUT2D eigenvalue weighted by Crippen LogP contribution is -2.72. The quantitative estimate of drug-likeness (QED) is 0.353. The fraction of sp³-hybridized carbons (Fsp3) is 0.938. The average molecular weight is 472 g/mol. The molecule has 0 radical (unpaired) electrons. The van der Waals surface area contributed by atoms with Crippen LogP contribution in [0.4, 0.5) is 0 Å². The van der Waals surface area contributed by atoms with Crippen LogP contribution in [0.2, 0.25) is 0 Å². The van der Waals surface area contributed by atoms with Crippen molar-refractivity contribution < 1.29 is 8.42 Å². The molecule has 1 aliphatic carbocycles. The minimum Gasteiger partial charge on any atom is -0.355 e. The predicted octanol–water partition coefficient (Wildman–Crippen LogP) is 2.02. The average Bonchev–Trinajstić information content (AvgIpc) is 2.39. The molecule has 1 saturated carbocycles. The third-order valence-electron chi connectivity index (χ3n) is 5.82. The third-order valence-corrected chi connectivity index (χ3v) is 7.17. The molecule has 1 aliphatic heterocycles. The Hall–Kier alpha value is -0.0900. The number of halogens is 1. The summed E-state index contributed by atoms with van der Waals surface area (Å²) in [4.78, 5) is 6.51. The normalized spacial score (nSPS) is 23.0. The Morgan fingerprint density at radius 2 is 1.88 bits per heavy atom. The number of guanidine groups is 1. The lowest BCUT2D eigenvalue weighted by molar-refractivity contribution is -0.0666. The highest BCUT2D eigenvalue weighted by Gasteiger charge is 2.53. The van der Waals surface area contributed by atoms with E-state index in [0.29, 0.717) is 19.0 Å². The molecule has 8 heteroatoms. The van der Waals surface area contributed by atoms with Gasteiger partial charge < -0.3 is 10.2 Å². The summed E-state index contributed by atoms with van der Waals surface area (Å²) >= 11 is 0. The number of hydrogen-bond donors (Lipinski definition) is 2. The van der Waals surface area contributed by atoms with Gasteiger partial charge in [0, 0.05) is 37.6 Å². The van der Waals surface area contributed by atoms with E-state index in [1.54, 1.807) is 7.05 Å². The maximum atomic E-state index is 12.0. The van der Waals surface area contributed by atoms with E-state index >= 15 is 0 Å². The minimum absolute atomic E-state index is 0. The van der Waals surface area contributed by atoms with Crippen molar-refractivity contribution >= 4 is 40.0 Å². The summed E-state index contributed by atoms with van der Waals surface area (Å²) in [7, 11) is -1.47. The van der Waals surface area contributed by atoms with Gasteiger partial charge in [-0.25, -0.2) is 13.1 Å². The third kappa shape index (κ3) is 4.75. The molecule has 142 valence electrons. The summed E-state index contributed by atoms with van der Waals surface area (Å²) in [6.07, 6.45) is 3.52. The number of aliphatic imine (C=N–C) groups is 1. The van der Waals surface area contributed by atoms with E-state index in [-0.39, 0.29) is 40.7 Å². The summed E-state index contributed by atoms with van der Waals surface area (Å²) in [5, 5.41) is 3.19. The second-order valence-electron chi connectivity index (χ2n) is 7.97. The van der Waals surface area contributed by atoms with Crippen molar-refractivity contribution in [1.29, 1.82) is 0 Å². The molecule has 0 aromatic rings. The Labute approximate surface area is 164 Å². The standard InChI is InChI=1S/C16H32N4O2S.HI/c1-15(2)12-20(16(15,3)4)14(17-5)18-9-10-23(21,22)19-11-13-7-6-8-13;/h13,19H,6-12H2,1-5H3,(H,17,18);1H. The number of hydrogen-bond acceptors (Lipinski definition) is 3. The lowest BCUT2D eigenvalue weighted by atomic mass is 9.65. The SMILES string of the molecule is CN=C(NCCS(=O)(=O)NCC1CCC1)N1CC(C)(C)C1(C)C.I. The van der Waals surface area contributed by atoms with Crippen molar-refractivity contribution in [1.82, 2.24) is 14.9 Å². The monoisotopic (exact) mass is 472 g/mol. The van der Waals surface area contributed by atoms with Crippen molar-refractivity contribution in [3.63, 3.8) is 0 Å².